The van der Waals surface area contributed by atoms with Gasteiger partial charge in [0.1, 0.15) is 11.3 Å². The van der Waals surface area contributed by atoms with E-state index in [0.717, 1.165) is 0 Å². The Morgan fingerprint density at radius 3 is 2.33 bits per heavy atom. The van der Waals surface area contributed by atoms with Crippen LogP contribution >= 0.6 is 0 Å². The molecule has 3 N–H and O–H groups in total. The van der Waals surface area contributed by atoms with E-state index in [1.165, 1.54) is 13.2 Å². The zero-order chi connectivity index (χ0) is 16.0. The SMILES string of the molecule is COc1cccc2c1C=C(B(O)O)[N+]2(C(=O)O)C(C)(C)C. The lowest BCUT2D eigenvalue weighted by Gasteiger charge is -2.41. The van der Waals surface area contributed by atoms with Crippen LogP contribution in [0.3, 0.4) is 0 Å². The number of hydrogen-bond donors (Lipinski definition) is 3. The lowest BCUT2D eigenvalue weighted by atomic mass is 9.81. The molecule has 1 aliphatic heterocycles. The van der Waals surface area contributed by atoms with Gasteiger partial charge in [-0.05, 0) is 26.8 Å². The highest BCUT2D eigenvalue weighted by atomic mass is 16.5. The topological polar surface area (TPSA) is 87.0 Å². The molecule has 0 saturated heterocycles. The lowest BCUT2D eigenvalue weighted by molar-refractivity contribution is 0.126. The second kappa shape index (κ2) is 4.87. The van der Waals surface area contributed by atoms with Crippen LogP contribution in [-0.4, -0.2) is 41.0 Å². The van der Waals surface area contributed by atoms with Gasteiger partial charge in [0.05, 0.1) is 12.7 Å². The van der Waals surface area contributed by atoms with E-state index in [-0.39, 0.29) is 5.60 Å². The van der Waals surface area contributed by atoms with Crippen molar-refractivity contribution in [2.75, 3.05) is 7.11 Å². The molecule has 2 rings (SSSR count). The maximum atomic E-state index is 12.1. The van der Waals surface area contributed by atoms with E-state index in [1.807, 2.05) is 0 Å². The first-order valence-electron chi connectivity index (χ1n) is 6.56. The normalized spacial score (nSPS) is 20.8. The summed E-state index contributed by atoms with van der Waals surface area (Å²) < 4.78 is 4.59. The molecule has 0 fully saturated rings. The molecule has 1 aliphatic rings. The van der Waals surface area contributed by atoms with Crippen LogP contribution in [0.15, 0.2) is 23.8 Å². The Labute approximate surface area is 123 Å². The summed E-state index contributed by atoms with van der Waals surface area (Å²) in [5.74, 6) is 0.496. The number of nitrogens with zero attached hydrogens (tertiary/aromatic N) is 1. The number of rotatable bonds is 2. The van der Waals surface area contributed by atoms with E-state index >= 15 is 0 Å². The number of ether oxygens (including phenoxy) is 1. The minimum Gasteiger partial charge on any atom is -0.496 e. The molecule has 1 atom stereocenters. The second-order valence-corrected chi connectivity index (χ2v) is 5.96. The maximum absolute atomic E-state index is 12.1. The second-order valence-electron chi connectivity index (χ2n) is 5.96. The average molecular weight is 292 g/mol. The Hall–Kier alpha value is -1.83. The van der Waals surface area contributed by atoms with Crippen molar-refractivity contribution in [1.29, 1.82) is 0 Å². The summed E-state index contributed by atoms with van der Waals surface area (Å²) in [6.45, 7) is 5.23. The molecule has 21 heavy (non-hydrogen) atoms. The van der Waals surface area contributed by atoms with E-state index < -0.39 is 23.2 Å². The van der Waals surface area contributed by atoms with Crippen molar-refractivity contribution >= 4 is 25.0 Å². The summed E-state index contributed by atoms with van der Waals surface area (Å²) >= 11 is 0. The molecule has 0 aliphatic carbocycles. The van der Waals surface area contributed by atoms with Crippen molar-refractivity contribution in [1.82, 2.24) is 4.48 Å². The fraction of sp³-hybridized carbons (Fsp3) is 0.357. The van der Waals surface area contributed by atoms with E-state index in [4.69, 9.17) is 4.74 Å². The van der Waals surface area contributed by atoms with Gasteiger partial charge < -0.3 is 19.9 Å². The number of carbonyl (C=O) groups is 1. The van der Waals surface area contributed by atoms with Gasteiger partial charge in [-0.2, -0.15) is 9.28 Å². The van der Waals surface area contributed by atoms with Crippen molar-refractivity contribution in [3.05, 3.63) is 29.4 Å². The molecule has 6 nitrogen and oxygen atoms in total. The van der Waals surface area contributed by atoms with Crippen molar-refractivity contribution < 1.29 is 24.7 Å². The molecule has 7 heteroatoms. The summed E-state index contributed by atoms with van der Waals surface area (Å²) in [7, 11) is -0.388. The van der Waals surface area contributed by atoms with E-state index in [9.17, 15) is 19.9 Å². The fourth-order valence-corrected chi connectivity index (χ4v) is 3.03. The van der Waals surface area contributed by atoms with Gasteiger partial charge in [-0.1, -0.05) is 6.07 Å². The third-order valence-electron chi connectivity index (χ3n) is 3.86. The Kier molecular flexibility index (Phi) is 3.61. The van der Waals surface area contributed by atoms with Crippen LogP contribution in [0.1, 0.15) is 26.3 Å². The number of methoxy groups -OCH3 is 1. The van der Waals surface area contributed by atoms with Crippen LogP contribution < -0.4 is 9.22 Å². The number of benzene rings is 1. The van der Waals surface area contributed by atoms with Crippen molar-refractivity contribution in [3.63, 3.8) is 0 Å². The van der Waals surface area contributed by atoms with Crippen LogP contribution in [0, 0.1) is 0 Å². The zero-order valence-corrected chi connectivity index (χ0v) is 12.5. The molecular weight excluding hydrogens is 273 g/mol. The van der Waals surface area contributed by atoms with Gasteiger partial charge in [-0.25, -0.2) is 0 Å². The first-order chi connectivity index (χ1) is 9.67. The van der Waals surface area contributed by atoms with E-state index in [0.29, 0.717) is 17.0 Å². The molecule has 0 aromatic heterocycles. The Balaban J connectivity index is 2.88. The molecule has 0 radical (unpaired) electrons. The molecule has 1 aromatic rings. The highest BCUT2D eigenvalue weighted by Gasteiger charge is 2.60. The number of quaternary nitrogens is 1. The van der Waals surface area contributed by atoms with Crippen molar-refractivity contribution in [3.8, 4) is 5.75 Å². The molecular formula is C14H19BNO5+. The summed E-state index contributed by atoms with van der Waals surface area (Å²) in [4.78, 5) is 12.1. The molecule has 1 amide bonds. The summed E-state index contributed by atoms with van der Waals surface area (Å²) in [6, 6.07) is 5.07. The predicted octanol–water partition coefficient (Wildman–Crippen LogP) is 1.85. The highest BCUT2D eigenvalue weighted by Crippen LogP contribution is 2.49. The third-order valence-corrected chi connectivity index (χ3v) is 3.86. The smallest absolute Gasteiger partial charge is 0.496 e. The average Bonchev–Trinajstić information content (AvgIpc) is 2.73. The van der Waals surface area contributed by atoms with E-state index in [1.54, 1.807) is 39.0 Å². The fourth-order valence-electron chi connectivity index (χ4n) is 3.03. The molecule has 0 spiro atoms. The van der Waals surface area contributed by atoms with Crippen LogP contribution in [0.2, 0.25) is 0 Å². The van der Waals surface area contributed by atoms with Crippen LogP contribution in [0.4, 0.5) is 10.5 Å². The monoisotopic (exact) mass is 292 g/mol. The molecule has 1 heterocycles. The minimum atomic E-state index is -1.88. The first kappa shape index (κ1) is 15.6. The summed E-state index contributed by atoms with van der Waals surface area (Å²) in [5, 5.41) is 29.3. The van der Waals surface area contributed by atoms with Gasteiger partial charge in [0.15, 0.2) is 11.3 Å². The third kappa shape index (κ3) is 1.97. The van der Waals surface area contributed by atoms with Crippen LogP contribution in [0.5, 0.6) is 5.75 Å². The number of hydrogen-bond acceptors (Lipinski definition) is 4. The Morgan fingerprint density at radius 1 is 1.29 bits per heavy atom. The van der Waals surface area contributed by atoms with Gasteiger partial charge in [-0.3, -0.25) is 0 Å². The number of amides is 1. The zero-order valence-electron chi connectivity index (χ0n) is 12.5. The number of carboxylic acid groups (broad SMARTS) is 1. The lowest BCUT2D eigenvalue weighted by Crippen LogP contribution is -2.65. The van der Waals surface area contributed by atoms with Gasteiger partial charge in [0.25, 0.3) is 0 Å². The summed E-state index contributed by atoms with van der Waals surface area (Å²) in [6.07, 6.45) is 0.312. The van der Waals surface area contributed by atoms with Gasteiger partial charge in [0, 0.05) is 12.1 Å². The molecule has 1 unspecified atom stereocenters. The standard InChI is InChI=1S/C14H18BNO5/c1-14(2,3)16(13(17)18)10-6-5-7-11(21-4)9(10)8-12(16)15(19)20/h5-8,19-20H,1-4H3/p+1. The largest absolute Gasteiger partial charge is 0.549 e. The van der Waals surface area contributed by atoms with Crippen LogP contribution in [-0.2, 0) is 0 Å². The Bertz CT molecular complexity index is 620. The number of fused-ring (bicyclic) bond motifs is 1. The molecule has 112 valence electrons. The minimum absolute atomic E-state index is 0.00509. The molecule has 0 bridgehead atoms. The van der Waals surface area contributed by atoms with Gasteiger partial charge in [-0.15, -0.1) is 0 Å². The molecule has 1 aromatic carbocycles. The first-order valence-corrected chi connectivity index (χ1v) is 6.56. The van der Waals surface area contributed by atoms with Crippen molar-refractivity contribution in [2.45, 2.75) is 26.3 Å². The van der Waals surface area contributed by atoms with E-state index in [2.05, 4.69) is 0 Å². The van der Waals surface area contributed by atoms with Gasteiger partial charge >= 0.3 is 13.2 Å². The Morgan fingerprint density at radius 2 is 1.90 bits per heavy atom. The maximum Gasteiger partial charge on any atom is 0.549 e. The molecule has 0 saturated carbocycles. The quantitative estimate of drug-likeness (QED) is 0.572. The summed E-state index contributed by atoms with van der Waals surface area (Å²) in [5.41, 5.74) is 0.186. The van der Waals surface area contributed by atoms with Crippen LogP contribution in [0.25, 0.3) is 6.08 Å². The highest BCUT2D eigenvalue weighted by molar-refractivity contribution is 6.53. The van der Waals surface area contributed by atoms with Crippen molar-refractivity contribution in [2.24, 2.45) is 0 Å². The van der Waals surface area contributed by atoms with Gasteiger partial charge in [0.2, 0.25) is 0 Å². The predicted molar refractivity (Wildman–Crippen MR) is 80.7 cm³/mol.